The Morgan fingerprint density at radius 1 is 1.47 bits per heavy atom. The molecule has 0 aromatic heterocycles. The molecule has 1 aromatic rings. The lowest BCUT2D eigenvalue weighted by atomic mass is 9.89. The Kier molecular flexibility index (Phi) is 2.59. The number of benzene rings is 1. The van der Waals surface area contributed by atoms with Crippen LogP contribution in [0.25, 0.3) is 0 Å². The fourth-order valence-corrected chi connectivity index (χ4v) is 3.06. The van der Waals surface area contributed by atoms with Gasteiger partial charge in [-0.1, -0.05) is 6.07 Å². The second-order valence-electron chi connectivity index (χ2n) is 5.21. The van der Waals surface area contributed by atoms with Crippen molar-refractivity contribution >= 4 is 12.4 Å². The normalized spacial score (nSPS) is 24.9. The molecule has 1 saturated carbocycles. The predicted octanol–water partition coefficient (Wildman–Crippen LogP) is 1.67. The topological polar surface area (TPSA) is 57.6 Å². The lowest BCUT2D eigenvalue weighted by molar-refractivity contribution is -0.156. The minimum atomic E-state index is -1.31. The zero-order valence-corrected chi connectivity index (χ0v) is 10.3. The molecule has 0 radical (unpaired) electrons. The van der Waals surface area contributed by atoms with Crippen LogP contribution in [0.3, 0.4) is 0 Å². The molecule has 0 bridgehead atoms. The third-order valence-corrected chi connectivity index (χ3v) is 4.12. The van der Waals surface area contributed by atoms with Crippen molar-refractivity contribution in [2.75, 3.05) is 0 Å². The summed E-state index contributed by atoms with van der Waals surface area (Å²) in [5.74, 6) is -1.40. The monoisotopic (exact) mass is 263 g/mol. The molecule has 100 valence electrons. The molecule has 0 saturated heterocycles. The minimum absolute atomic E-state index is 0.00426. The van der Waals surface area contributed by atoms with Crippen molar-refractivity contribution in [3.05, 3.63) is 35.1 Å². The summed E-state index contributed by atoms with van der Waals surface area (Å²) >= 11 is 0. The second kappa shape index (κ2) is 4.05. The molecular formula is C14H14FNO3. The number of hydrogen-bond donors (Lipinski definition) is 1. The zero-order chi connectivity index (χ0) is 13.6. The molecule has 0 spiro atoms. The van der Waals surface area contributed by atoms with E-state index in [1.807, 2.05) is 0 Å². The first-order valence-corrected chi connectivity index (χ1v) is 6.35. The van der Waals surface area contributed by atoms with E-state index in [0.717, 1.165) is 12.8 Å². The summed E-state index contributed by atoms with van der Waals surface area (Å²) in [6.45, 7) is 0. The molecule has 2 aliphatic rings. The molecule has 1 amide bonds. The summed E-state index contributed by atoms with van der Waals surface area (Å²) in [5.41, 5.74) is -0.0679. The van der Waals surface area contributed by atoms with Gasteiger partial charge in [-0.25, -0.2) is 9.18 Å². The van der Waals surface area contributed by atoms with Gasteiger partial charge in [0.25, 0.3) is 0 Å². The predicted molar refractivity (Wildman–Crippen MR) is 65.0 cm³/mol. The quantitative estimate of drug-likeness (QED) is 0.841. The third kappa shape index (κ3) is 1.64. The van der Waals surface area contributed by atoms with E-state index in [1.165, 1.54) is 23.1 Å². The SMILES string of the molecule is O=CN(C1CC1)C1(C(=O)O)CCc2cc(F)ccc21. The van der Waals surface area contributed by atoms with Gasteiger partial charge in [-0.3, -0.25) is 4.79 Å². The van der Waals surface area contributed by atoms with Gasteiger partial charge in [-0.15, -0.1) is 0 Å². The van der Waals surface area contributed by atoms with E-state index in [1.54, 1.807) is 0 Å². The van der Waals surface area contributed by atoms with Crippen LogP contribution < -0.4 is 0 Å². The van der Waals surface area contributed by atoms with Crippen molar-refractivity contribution in [2.24, 2.45) is 0 Å². The summed E-state index contributed by atoms with van der Waals surface area (Å²) in [4.78, 5) is 24.6. The average Bonchev–Trinajstić information content (AvgIpc) is 3.12. The Hall–Kier alpha value is -1.91. The van der Waals surface area contributed by atoms with Crippen LogP contribution in [0.1, 0.15) is 30.4 Å². The van der Waals surface area contributed by atoms with Crippen molar-refractivity contribution < 1.29 is 19.1 Å². The molecule has 0 aliphatic heterocycles. The van der Waals surface area contributed by atoms with Gasteiger partial charge in [0.1, 0.15) is 5.82 Å². The number of carboxylic acids is 1. The van der Waals surface area contributed by atoms with Gasteiger partial charge in [0.15, 0.2) is 5.54 Å². The molecule has 1 aromatic carbocycles. The minimum Gasteiger partial charge on any atom is -0.479 e. The van der Waals surface area contributed by atoms with Crippen molar-refractivity contribution in [1.29, 1.82) is 0 Å². The van der Waals surface area contributed by atoms with E-state index in [0.29, 0.717) is 30.4 Å². The fourth-order valence-electron chi connectivity index (χ4n) is 3.06. The highest BCUT2D eigenvalue weighted by atomic mass is 19.1. The van der Waals surface area contributed by atoms with Gasteiger partial charge in [0, 0.05) is 6.04 Å². The number of amides is 1. The lowest BCUT2D eigenvalue weighted by Gasteiger charge is -2.36. The van der Waals surface area contributed by atoms with Gasteiger partial charge in [0.2, 0.25) is 6.41 Å². The molecule has 19 heavy (non-hydrogen) atoms. The van der Waals surface area contributed by atoms with Gasteiger partial charge in [0.05, 0.1) is 0 Å². The smallest absolute Gasteiger partial charge is 0.334 e. The van der Waals surface area contributed by atoms with Crippen LogP contribution in [-0.4, -0.2) is 28.4 Å². The van der Waals surface area contributed by atoms with Gasteiger partial charge in [-0.05, 0) is 48.9 Å². The Balaban J connectivity index is 2.14. The molecule has 0 heterocycles. The van der Waals surface area contributed by atoms with Gasteiger partial charge in [-0.2, -0.15) is 0 Å². The van der Waals surface area contributed by atoms with E-state index < -0.39 is 11.5 Å². The number of halogens is 1. The van der Waals surface area contributed by atoms with Crippen LogP contribution in [0.2, 0.25) is 0 Å². The molecular weight excluding hydrogens is 249 g/mol. The number of rotatable bonds is 4. The summed E-state index contributed by atoms with van der Waals surface area (Å²) in [7, 11) is 0. The number of aryl methyl sites for hydroxylation is 1. The maximum Gasteiger partial charge on any atom is 0.334 e. The van der Waals surface area contributed by atoms with Gasteiger partial charge < -0.3 is 10.0 Å². The fraction of sp³-hybridized carbons (Fsp3) is 0.429. The molecule has 1 unspecified atom stereocenters. The number of carbonyl (C=O) groups excluding carboxylic acids is 1. The Morgan fingerprint density at radius 3 is 2.79 bits per heavy atom. The number of carbonyl (C=O) groups is 2. The number of nitrogens with zero attached hydrogens (tertiary/aromatic N) is 1. The first-order valence-electron chi connectivity index (χ1n) is 6.35. The van der Waals surface area contributed by atoms with Crippen LogP contribution in [0.4, 0.5) is 4.39 Å². The van der Waals surface area contributed by atoms with Crippen molar-refractivity contribution in [2.45, 2.75) is 37.3 Å². The standard InChI is InChI=1S/C14H14FNO3/c15-10-1-4-12-9(7-10)5-6-14(12,13(18)19)16(8-17)11-2-3-11/h1,4,7-8,11H,2-3,5-6H2,(H,18,19). The maximum atomic E-state index is 13.2. The largest absolute Gasteiger partial charge is 0.479 e. The Morgan fingerprint density at radius 2 is 2.21 bits per heavy atom. The Bertz CT molecular complexity index is 556. The molecule has 1 atom stereocenters. The third-order valence-electron chi connectivity index (χ3n) is 4.12. The van der Waals surface area contributed by atoms with Crippen LogP contribution in [0, 0.1) is 5.82 Å². The lowest BCUT2D eigenvalue weighted by Crippen LogP contribution is -2.51. The molecule has 1 N–H and O–H groups in total. The first-order chi connectivity index (χ1) is 9.09. The summed E-state index contributed by atoms with van der Waals surface area (Å²) in [6.07, 6.45) is 3.10. The number of carboxylic acid groups (broad SMARTS) is 1. The van der Waals surface area contributed by atoms with E-state index >= 15 is 0 Å². The maximum absolute atomic E-state index is 13.2. The van der Waals surface area contributed by atoms with E-state index in [9.17, 15) is 19.1 Å². The highest BCUT2D eigenvalue weighted by Crippen LogP contribution is 2.46. The summed E-state index contributed by atoms with van der Waals surface area (Å²) in [6, 6.07) is 4.14. The van der Waals surface area contributed by atoms with Crippen LogP contribution in [-0.2, 0) is 21.5 Å². The van der Waals surface area contributed by atoms with Gasteiger partial charge >= 0.3 is 5.97 Å². The number of aliphatic carboxylic acids is 1. The van der Waals surface area contributed by atoms with Crippen LogP contribution in [0.15, 0.2) is 18.2 Å². The average molecular weight is 263 g/mol. The molecule has 3 rings (SSSR count). The van der Waals surface area contributed by atoms with E-state index in [4.69, 9.17) is 0 Å². The Labute approximate surface area is 109 Å². The van der Waals surface area contributed by atoms with E-state index in [-0.39, 0.29) is 11.9 Å². The highest BCUT2D eigenvalue weighted by molar-refractivity contribution is 5.85. The molecule has 2 aliphatic carbocycles. The summed E-state index contributed by atoms with van der Waals surface area (Å²) in [5, 5.41) is 9.66. The molecule has 4 nitrogen and oxygen atoms in total. The van der Waals surface area contributed by atoms with Crippen LogP contribution >= 0.6 is 0 Å². The summed E-state index contributed by atoms with van der Waals surface area (Å²) < 4.78 is 13.2. The van der Waals surface area contributed by atoms with Crippen LogP contribution in [0.5, 0.6) is 0 Å². The second-order valence-corrected chi connectivity index (χ2v) is 5.21. The van der Waals surface area contributed by atoms with Crippen molar-refractivity contribution in [3.8, 4) is 0 Å². The molecule has 1 fully saturated rings. The van der Waals surface area contributed by atoms with Crippen molar-refractivity contribution in [3.63, 3.8) is 0 Å². The van der Waals surface area contributed by atoms with Crippen molar-refractivity contribution in [1.82, 2.24) is 4.90 Å². The highest BCUT2D eigenvalue weighted by Gasteiger charge is 2.54. The van der Waals surface area contributed by atoms with E-state index in [2.05, 4.69) is 0 Å². The zero-order valence-electron chi connectivity index (χ0n) is 10.3. The number of hydrogen-bond acceptors (Lipinski definition) is 2. The first kappa shape index (κ1) is 12.1. The number of fused-ring (bicyclic) bond motifs is 1. The molecule has 5 heteroatoms.